The van der Waals surface area contributed by atoms with E-state index in [-0.39, 0.29) is 30.9 Å². The van der Waals surface area contributed by atoms with Gasteiger partial charge < -0.3 is 15.2 Å². The Balaban J connectivity index is 2.16. The smallest absolute Gasteiger partial charge is 0.315 e. The maximum atomic E-state index is 12.4. The van der Waals surface area contributed by atoms with Gasteiger partial charge in [-0.05, 0) is 18.6 Å². The van der Waals surface area contributed by atoms with E-state index in [9.17, 15) is 19.5 Å². The van der Waals surface area contributed by atoms with Crippen LogP contribution in [-0.4, -0.2) is 47.0 Å². The zero-order valence-electron chi connectivity index (χ0n) is 14.6. The second-order valence-corrected chi connectivity index (χ2v) is 5.96. The van der Waals surface area contributed by atoms with Gasteiger partial charge in [0.2, 0.25) is 0 Å². The number of carboxylic acids is 1. The van der Waals surface area contributed by atoms with Gasteiger partial charge in [0.25, 0.3) is 11.5 Å². The zero-order valence-corrected chi connectivity index (χ0v) is 14.6. The Bertz CT molecular complexity index is 834. The van der Waals surface area contributed by atoms with E-state index in [0.29, 0.717) is 5.56 Å². The molecule has 0 aliphatic heterocycles. The minimum Gasteiger partial charge on any atom is -0.481 e. The second-order valence-electron chi connectivity index (χ2n) is 5.96. The summed E-state index contributed by atoms with van der Waals surface area (Å²) in [5.74, 6) is -1.61. The Morgan fingerprint density at radius 1 is 1.23 bits per heavy atom. The van der Waals surface area contributed by atoms with E-state index in [1.54, 1.807) is 30.3 Å². The molecule has 2 rings (SSSR count). The lowest BCUT2D eigenvalue weighted by Gasteiger charge is -2.25. The number of aliphatic carboxylic acids is 1. The molecule has 1 amide bonds. The first-order valence-electron chi connectivity index (χ1n) is 8.02. The van der Waals surface area contributed by atoms with Crippen molar-refractivity contribution in [3.63, 3.8) is 0 Å². The first kappa shape index (κ1) is 19.3. The number of ether oxygens (including phenoxy) is 1. The third-order valence-corrected chi connectivity index (χ3v) is 4.09. The fourth-order valence-corrected chi connectivity index (χ4v) is 2.36. The summed E-state index contributed by atoms with van der Waals surface area (Å²) in [5, 5.41) is 16.2. The van der Waals surface area contributed by atoms with Crippen LogP contribution in [0, 0.1) is 0 Å². The number of nitrogens with zero attached hydrogens (tertiary/aromatic N) is 2. The Hall–Kier alpha value is -3.00. The average Bonchev–Trinajstić information content (AvgIpc) is 2.65. The number of methoxy groups -OCH3 is 1. The highest BCUT2D eigenvalue weighted by Gasteiger charge is 2.35. The average molecular weight is 359 g/mol. The molecule has 8 nitrogen and oxygen atoms in total. The molecule has 0 aliphatic carbocycles. The highest BCUT2D eigenvalue weighted by Crippen LogP contribution is 2.23. The highest BCUT2D eigenvalue weighted by atomic mass is 16.5. The van der Waals surface area contributed by atoms with Crippen LogP contribution in [0.4, 0.5) is 0 Å². The van der Waals surface area contributed by atoms with Crippen molar-refractivity contribution in [2.75, 3.05) is 20.3 Å². The van der Waals surface area contributed by atoms with E-state index in [1.165, 1.54) is 26.2 Å². The Morgan fingerprint density at radius 3 is 2.54 bits per heavy atom. The van der Waals surface area contributed by atoms with Crippen molar-refractivity contribution < 1.29 is 19.4 Å². The number of carboxylic acid groups (broad SMARTS) is 1. The van der Waals surface area contributed by atoms with Crippen molar-refractivity contribution in [2.24, 2.45) is 0 Å². The van der Waals surface area contributed by atoms with Crippen molar-refractivity contribution in [1.29, 1.82) is 0 Å². The number of hydrogen-bond acceptors (Lipinski definition) is 5. The molecule has 0 fully saturated rings. The van der Waals surface area contributed by atoms with Crippen LogP contribution < -0.4 is 10.9 Å². The van der Waals surface area contributed by atoms with Crippen LogP contribution in [0.2, 0.25) is 0 Å². The molecule has 1 heterocycles. The maximum Gasteiger partial charge on any atom is 0.315 e. The van der Waals surface area contributed by atoms with Crippen molar-refractivity contribution in [3.8, 4) is 0 Å². The van der Waals surface area contributed by atoms with E-state index in [0.717, 1.165) is 4.68 Å². The maximum absolute atomic E-state index is 12.4. The van der Waals surface area contributed by atoms with Crippen LogP contribution >= 0.6 is 0 Å². The summed E-state index contributed by atoms with van der Waals surface area (Å²) in [5.41, 5.74) is -1.04. The summed E-state index contributed by atoms with van der Waals surface area (Å²) in [7, 11) is 1.50. The molecular formula is C18H21N3O5. The second kappa shape index (κ2) is 8.39. The van der Waals surface area contributed by atoms with E-state index in [2.05, 4.69) is 10.4 Å². The zero-order chi connectivity index (χ0) is 19.2. The monoisotopic (exact) mass is 359 g/mol. The van der Waals surface area contributed by atoms with Crippen molar-refractivity contribution in [1.82, 2.24) is 15.1 Å². The lowest BCUT2D eigenvalue weighted by molar-refractivity contribution is -0.142. The molecule has 8 heteroatoms. The lowest BCUT2D eigenvalue weighted by atomic mass is 9.82. The minimum atomic E-state index is -1.29. The summed E-state index contributed by atoms with van der Waals surface area (Å²) in [6.45, 7) is 1.92. The van der Waals surface area contributed by atoms with E-state index in [1.807, 2.05) is 0 Å². The van der Waals surface area contributed by atoms with Crippen molar-refractivity contribution in [3.05, 3.63) is 64.1 Å². The van der Waals surface area contributed by atoms with Crippen LogP contribution in [0.25, 0.3) is 0 Å². The molecule has 1 atom stereocenters. The Morgan fingerprint density at radius 2 is 1.92 bits per heavy atom. The van der Waals surface area contributed by atoms with Gasteiger partial charge in [-0.2, -0.15) is 5.10 Å². The fraction of sp³-hybridized carbons (Fsp3) is 0.333. The first-order chi connectivity index (χ1) is 12.4. The summed E-state index contributed by atoms with van der Waals surface area (Å²) in [6.07, 6.45) is 0. The Kier molecular flexibility index (Phi) is 6.24. The molecule has 0 saturated carbocycles. The number of benzene rings is 1. The number of hydrogen-bond donors (Lipinski definition) is 2. The third-order valence-electron chi connectivity index (χ3n) is 4.09. The van der Waals surface area contributed by atoms with Gasteiger partial charge in [-0.3, -0.25) is 14.4 Å². The minimum absolute atomic E-state index is 0.0292. The van der Waals surface area contributed by atoms with Gasteiger partial charge in [-0.1, -0.05) is 30.3 Å². The number of amides is 1. The quantitative estimate of drug-likeness (QED) is 0.716. The summed E-state index contributed by atoms with van der Waals surface area (Å²) >= 11 is 0. The highest BCUT2D eigenvalue weighted by molar-refractivity contribution is 5.92. The number of nitrogens with one attached hydrogen (secondary N) is 1. The molecule has 0 saturated heterocycles. The summed E-state index contributed by atoms with van der Waals surface area (Å²) in [6, 6.07) is 11.2. The normalized spacial score (nSPS) is 13.0. The molecule has 138 valence electrons. The number of aromatic nitrogens is 2. The first-order valence-corrected chi connectivity index (χ1v) is 8.02. The predicted molar refractivity (Wildman–Crippen MR) is 94.1 cm³/mol. The predicted octanol–water partition coefficient (Wildman–Crippen LogP) is 0.662. The van der Waals surface area contributed by atoms with Gasteiger partial charge in [0.1, 0.15) is 11.1 Å². The van der Waals surface area contributed by atoms with Crippen LogP contribution in [0.3, 0.4) is 0 Å². The third kappa shape index (κ3) is 4.34. The summed E-state index contributed by atoms with van der Waals surface area (Å²) < 4.78 is 6.03. The van der Waals surface area contributed by atoms with Crippen LogP contribution in [0.5, 0.6) is 0 Å². The largest absolute Gasteiger partial charge is 0.481 e. The van der Waals surface area contributed by atoms with Crippen LogP contribution in [0.1, 0.15) is 23.0 Å². The SMILES string of the molecule is COCCn1nc(C(=O)NCC(C)(C(=O)O)c2ccccc2)ccc1=O. The van der Waals surface area contributed by atoms with Crippen LogP contribution in [-0.2, 0) is 21.5 Å². The Labute approximate surface area is 150 Å². The van der Waals surface area contributed by atoms with Crippen LogP contribution in [0.15, 0.2) is 47.3 Å². The van der Waals surface area contributed by atoms with Crippen molar-refractivity contribution >= 4 is 11.9 Å². The number of rotatable bonds is 8. The number of carbonyl (C=O) groups is 2. The fourth-order valence-electron chi connectivity index (χ4n) is 2.36. The van der Waals surface area contributed by atoms with E-state index in [4.69, 9.17) is 4.74 Å². The molecule has 26 heavy (non-hydrogen) atoms. The topological polar surface area (TPSA) is 111 Å². The van der Waals surface area contributed by atoms with Gasteiger partial charge in [-0.15, -0.1) is 0 Å². The van der Waals surface area contributed by atoms with Gasteiger partial charge in [0, 0.05) is 19.7 Å². The lowest BCUT2D eigenvalue weighted by Crippen LogP contribution is -2.44. The van der Waals surface area contributed by atoms with Gasteiger partial charge in [0.05, 0.1) is 13.2 Å². The molecule has 0 bridgehead atoms. The molecule has 1 unspecified atom stereocenters. The molecule has 1 aromatic heterocycles. The number of carbonyl (C=O) groups excluding carboxylic acids is 1. The molecule has 0 spiro atoms. The van der Waals surface area contributed by atoms with Gasteiger partial charge in [-0.25, -0.2) is 4.68 Å². The molecule has 0 radical (unpaired) electrons. The molecule has 2 aromatic rings. The standard InChI is InChI=1S/C18H21N3O5/c1-18(17(24)25,13-6-4-3-5-7-13)12-19-16(23)14-8-9-15(22)21(20-14)10-11-26-2/h3-9H,10-12H2,1-2H3,(H,19,23)(H,24,25). The van der Waals surface area contributed by atoms with E-state index < -0.39 is 17.3 Å². The molecule has 2 N–H and O–H groups in total. The molecule has 1 aromatic carbocycles. The molecule has 0 aliphatic rings. The van der Waals surface area contributed by atoms with Gasteiger partial charge >= 0.3 is 5.97 Å². The van der Waals surface area contributed by atoms with Crippen molar-refractivity contribution in [2.45, 2.75) is 18.9 Å². The summed E-state index contributed by atoms with van der Waals surface area (Å²) in [4.78, 5) is 35.9. The van der Waals surface area contributed by atoms with Gasteiger partial charge in [0.15, 0.2) is 0 Å². The molecular weight excluding hydrogens is 338 g/mol. The van der Waals surface area contributed by atoms with E-state index >= 15 is 0 Å².